The number of carbonyl (C=O) groups excluding carboxylic acids is 1. The lowest BCUT2D eigenvalue weighted by atomic mass is 10.1. The molecule has 0 saturated carbocycles. The van der Waals surface area contributed by atoms with Gasteiger partial charge >= 0.3 is 0 Å². The molecule has 1 atom stereocenters. The summed E-state index contributed by atoms with van der Waals surface area (Å²) in [7, 11) is 1.55. The van der Waals surface area contributed by atoms with Crippen molar-refractivity contribution in [2.45, 2.75) is 19.4 Å². The number of aliphatic hydroxyl groups is 1. The Hall–Kier alpha value is -1.39. The Morgan fingerprint density at radius 2 is 2.06 bits per heavy atom. The smallest absolute Gasteiger partial charge is 0.162 e. The number of hydrogen-bond donors (Lipinski definition) is 2. The highest BCUT2D eigenvalue weighted by molar-refractivity contribution is 5.96. The quantitative estimate of drug-likeness (QED) is 0.709. The number of Topliss-reactive ketones (excluding diaryl/α,β-unsaturated/α-hetero) is 1. The van der Waals surface area contributed by atoms with Crippen LogP contribution >= 0.6 is 0 Å². The molecule has 1 aromatic carbocycles. The molecule has 0 aliphatic heterocycles. The van der Waals surface area contributed by atoms with E-state index in [1.807, 2.05) is 19.1 Å². The van der Waals surface area contributed by atoms with Gasteiger partial charge in [-0.1, -0.05) is 6.92 Å². The number of methoxy groups -OCH3 is 1. The van der Waals surface area contributed by atoms with Gasteiger partial charge in [0, 0.05) is 31.3 Å². The summed E-state index contributed by atoms with van der Waals surface area (Å²) in [5.41, 5.74) is 1.60. The predicted molar refractivity (Wildman–Crippen MR) is 67.4 cm³/mol. The van der Waals surface area contributed by atoms with Crippen molar-refractivity contribution < 1.29 is 14.6 Å². The first kappa shape index (κ1) is 13.7. The second-order valence-electron chi connectivity index (χ2n) is 3.84. The van der Waals surface area contributed by atoms with Gasteiger partial charge in [-0.3, -0.25) is 4.79 Å². The largest absolute Gasteiger partial charge is 0.389 e. The van der Waals surface area contributed by atoms with E-state index in [2.05, 4.69) is 5.32 Å². The van der Waals surface area contributed by atoms with Gasteiger partial charge in [0.1, 0.15) is 0 Å². The van der Waals surface area contributed by atoms with Crippen LogP contribution in [0.25, 0.3) is 0 Å². The van der Waals surface area contributed by atoms with E-state index < -0.39 is 6.10 Å². The van der Waals surface area contributed by atoms with E-state index >= 15 is 0 Å². The lowest BCUT2D eigenvalue weighted by molar-refractivity contribution is 0.0727. The summed E-state index contributed by atoms with van der Waals surface area (Å²) >= 11 is 0. The van der Waals surface area contributed by atoms with Crippen LogP contribution in [0.3, 0.4) is 0 Å². The third-order valence-corrected chi connectivity index (χ3v) is 2.43. The highest BCUT2D eigenvalue weighted by atomic mass is 16.5. The van der Waals surface area contributed by atoms with Crippen LogP contribution in [0.15, 0.2) is 24.3 Å². The van der Waals surface area contributed by atoms with Crippen LogP contribution in [0.2, 0.25) is 0 Å². The van der Waals surface area contributed by atoms with Crippen molar-refractivity contribution in [1.82, 2.24) is 0 Å². The molecule has 0 aliphatic carbocycles. The average Bonchev–Trinajstić information content (AvgIpc) is 2.36. The molecule has 1 unspecified atom stereocenters. The first-order valence-electron chi connectivity index (χ1n) is 5.71. The average molecular weight is 237 g/mol. The van der Waals surface area contributed by atoms with Crippen molar-refractivity contribution in [3.63, 3.8) is 0 Å². The van der Waals surface area contributed by atoms with Crippen molar-refractivity contribution in [1.29, 1.82) is 0 Å². The van der Waals surface area contributed by atoms with Crippen LogP contribution in [-0.2, 0) is 4.74 Å². The van der Waals surface area contributed by atoms with Crippen molar-refractivity contribution in [3.8, 4) is 0 Å². The number of aliphatic hydroxyl groups excluding tert-OH is 1. The summed E-state index contributed by atoms with van der Waals surface area (Å²) < 4.78 is 4.82. The molecule has 4 nitrogen and oxygen atoms in total. The molecular formula is C13H19NO3. The van der Waals surface area contributed by atoms with E-state index in [9.17, 15) is 9.90 Å². The maximum atomic E-state index is 11.4. The van der Waals surface area contributed by atoms with E-state index in [1.54, 1.807) is 19.2 Å². The lowest BCUT2D eigenvalue weighted by Gasteiger charge is -2.11. The summed E-state index contributed by atoms with van der Waals surface area (Å²) in [5, 5.41) is 12.5. The van der Waals surface area contributed by atoms with Crippen LogP contribution in [0, 0.1) is 0 Å². The molecule has 0 radical (unpaired) electrons. The van der Waals surface area contributed by atoms with Gasteiger partial charge in [-0.2, -0.15) is 0 Å². The van der Waals surface area contributed by atoms with Gasteiger partial charge in [-0.05, 0) is 24.3 Å². The van der Waals surface area contributed by atoms with Crippen molar-refractivity contribution in [2.24, 2.45) is 0 Å². The number of ketones is 1. The molecule has 1 rings (SSSR count). The molecule has 2 N–H and O–H groups in total. The van der Waals surface area contributed by atoms with Crippen LogP contribution in [0.1, 0.15) is 23.7 Å². The summed E-state index contributed by atoms with van der Waals surface area (Å²) in [6, 6.07) is 7.25. The predicted octanol–water partition coefficient (Wildman–Crippen LogP) is 1.70. The van der Waals surface area contributed by atoms with Crippen molar-refractivity contribution >= 4 is 11.5 Å². The van der Waals surface area contributed by atoms with E-state index in [1.165, 1.54) is 0 Å². The summed E-state index contributed by atoms with van der Waals surface area (Å²) in [6.45, 7) is 2.57. The molecule has 0 spiro atoms. The van der Waals surface area contributed by atoms with Gasteiger partial charge in [0.05, 0.1) is 12.7 Å². The fraction of sp³-hybridized carbons (Fsp3) is 0.462. The fourth-order valence-electron chi connectivity index (χ4n) is 1.47. The summed E-state index contributed by atoms with van der Waals surface area (Å²) in [5.74, 6) is 0.135. The second-order valence-corrected chi connectivity index (χ2v) is 3.84. The number of rotatable bonds is 7. The highest BCUT2D eigenvalue weighted by Crippen LogP contribution is 2.11. The number of ether oxygens (including phenoxy) is 1. The van der Waals surface area contributed by atoms with E-state index in [0.717, 1.165) is 11.3 Å². The number of anilines is 1. The first-order chi connectivity index (χ1) is 8.17. The Kier molecular flexibility index (Phi) is 5.66. The number of carbonyl (C=O) groups is 1. The SMILES string of the molecule is CCC(=O)c1ccc(NCC(O)COC)cc1. The molecule has 17 heavy (non-hydrogen) atoms. The fourth-order valence-corrected chi connectivity index (χ4v) is 1.47. The van der Waals surface area contributed by atoms with Gasteiger partial charge in [0.2, 0.25) is 0 Å². The number of benzene rings is 1. The molecule has 0 amide bonds. The third-order valence-electron chi connectivity index (χ3n) is 2.43. The van der Waals surface area contributed by atoms with E-state index in [-0.39, 0.29) is 5.78 Å². The zero-order valence-electron chi connectivity index (χ0n) is 10.3. The monoisotopic (exact) mass is 237 g/mol. The van der Waals surface area contributed by atoms with Crippen LogP contribution in [0.5, 0.6) is 0 Å². The van der Waals surface area contributed by atoms with E-state index in [4.69, 9.17) is 4.74 Å². The maximum Gasteiger partial charge on any atom is 0.162 e. The minimum Gasteiger partial charge on any atom is -0.389 e. The molecule has 0 aromatic heterocycles. The highest BCUT2D eigenvalue weighted by Gasteiger charge is 2.04. The molecule has 0 bridgehead atoms. The van der Waals surface area contributed by atoms with Crippen LogP contribution in [0.4, 0.5) is 5.69 Å². The molecule has 4 heteroatoms. The topological polar surface area (TPSA) is 58.6 Å². The Balaban J connectivity index is 2.48. The Labute approximate surface area is 102 Å². The first-order valence-corrected chi connectivity index (χ1v) is 5.71. The molecule has 1 aromatic rings. The van der Waals surface area contributed by atoms with E-state index in [0.29, 0.717) is 19.6 Å². The van der Waals surface area contributed by atoms with Gasteiger partial charge in [-0.25, -0.2) is 0 Å². The third kappa shape index (κ3) is 4.54. The molecule has 0 aliphatic rings. The standard InChI is InChI=1S/C13H19NO3/c1-3-13(16)10-4-6-11(7-5-10)14-8-12(15)9-17-2/h4-7,12,14-15H,3,8-9H2,1-2H3. The number of nitrogens with one attached hydrogen (secondary N) is 1. The Morgan fingerprint density at radius 1 is 1.41 bits per heavy atom. The zero-order chi connectivity index (χ0) is 12.7. The van der Waals surface area contributed by atoms with Gasteiger partial charge < -0.3 is 15.2 Å². The molecule has 0 fully saturated rings. The minimum atomic E-state index is -0.531. The summed E-state index contributed by atoms with van der Waals surface area (Å²) in [4.78, 5) is 11.4. The van der Waals surface area contributed by atoms with Gasteiger partial charge in [0.25, 0.3) is 0 Å². The number of hydrogen-bond acceptors (Lipinski definition) is 4. The molecule has 0 heterocycles. The molecular weight excluding hydrogens is 218 g/mol. The molecule has 94 valence electrons. The summed E-state index contributed by atoms with van der Waals surface area (Å²) in [6.07, 6.45) is -0.0174. The van der Waals surface area contributed by atoms with Crippen LogP contribution in [-0.4, -0.2) is 37.3 Å². The van der Waals surface area contributed by atoms with Gasteiger partial charge in [-0.15, -0.1) is 0 Å². The van der Waals surface area contributed by atoms with Gasteiger partial charge in [0.15, 0.2) is 5.78 Å². The van der Waals surface area contributed by atoms with Crippen molar-refractivity contribution in [2.75, 3.05) is 25.6 Å². The molecule has 0 saturated heterocycles. The second kappa shape index (κ2) is 7.04. The normalized spacial score (nSPS) is 12.2. The Morgan fingerprint density at radius 3 is 2.59 bits per heavy atom. The van der Waals surface area contributed by atoms with Crippen LogP contribution < -0.4 is 5.32 Å². The van der Waals surface area contributed by atoms with Crippen molar-refractivity contribution in [3.05, 3.63) is 29.8 Å². The zero-order valence-corrected chi connectivity index (χ0v) is 10.3. The lowest BCUT2D eigenvalue weighted by Crippen LogP contribution is -2.24. The Bertz CT molecular complexity index is 348. The maximum absolute atomic E-state index is 11.4. The minimum absolute atomic E-state index is 0.135.